The predicted octanol–water partition coefficient (Wildman–Crippen LogP) is 7.49. The van der Waals surface area contributed by atoms with E-state index < -0.39 is 0 Å². The molecule has 0 fully saturated rings. The standard InChI is InChI=1S/C26H47O3P/c1-23(2,15-16-27-17-22-13-11-10-12-14-22)18-24(3,4)20-28-21-25(5,6)19-26(7,8)29-30-9/h10-14,30H,15-21H2,1-9H3. The molecular formula is C26H47O3P. The highest BCUT2D eigenvalue weighted by atomic mass is 31.1. The minimum atomic E-state index is -0.0999. The molecule has 4 heteroatoms. The topological polar surface area (TPSA) is 27.7 Å². The first-order valence-electron chi connectivity index (χ1n) is 11.3. The molecule has 0 radical (unpaired) electrons. The second-order valence-corrected chi connectivity index (χ2v) is 12.3. The lowest BCUT2D eigenvalue weighted by Gasteiger charge is -2.37. The Kier molecular flexibility index (Phi) is 11.0. The molecule has 0 amide bonds. The van der Waals surface area contributed by atoms with E-state index in [1.54, 1.807) is 0 Å². The summed E-state index contributed by atoms with van der Waals surface area (Å²) in [6, 6.07) is 10.4. The van der Waals surface area contributed by atoms with Crippen LogP contribution in [0.2, 0.25) is 0 Å². The molecular weight excluding hydrogens is 391 g/mol. The van der Waals surface area contributed by atoms with Crippen molar-refractivity contribution >= 4 is 8.81 Å². The average molecular weight is 439 g/mol. The van der Waals surface area contributed by atoms with Crippen LogP contribution in [0.3, 0.4) is 0 Å². The van der Waals surface area contributed by atoms with Crippen molar-refractivity contribution in [1.29, 1.82) is 0 Å². The van der Waals surface area contributed by atoms with Gasteiger partial charge in [0.15, 0.2) is 0 Å². The molecule has 3 nitrogen and oxygen atoms in total. The largest absolute Gasteiger partial charge is 0.380 e. The SMILES string of the molecule is CPOC(C)(C)CC(C)(C)COCC(C)(C)CC(C)(C)CCOCc1ccccc1. The zero-order valence-electron chi connectivity index (χ0n) is 21.1. The van der Waals surface area contributed by atoms with Crippen LogP contribution < -0.4 is 0 Å². The van der Waals surface area contributed by atoms with Crippen molar-refractivity contribution in [2.24, 2.45) is 16.2 Å². The third kappa shape index (κ3) is 12.4. The van der Waals surface area contributed by atoms with Gasteiger partial charge in [0.05, 0.1) is 25.4 Å². The fourth-order valence-corrected chi connectivity index (χ4v) is 5.29. The van der Waals surface area contributed by atoms with Gasteiger partial charge in [0.25, 0.3) is 0 Å². The zero-order valence-corrected chi connectivity index (χ0v) is 22.1. The molecule has 0 spiro atoms. The molecule has 0 heterocycles. The van der Waals surface area contributed by atoms with Gasteiger partial charge in [-0.1, -0.05) is 71.9 Å². The van der Waals surface area contributed by atoms with E-state index in [1.165, 1.54) is 5.56 Å². The zero-order chi connectivity index (χ0) is 22.9. The van der Waals surface area contributed by atoms with E-state index in [1.807, 2.05) is 6.07 Å². The van der Waals surface area contributed by atoms with E-state index in [0.29, 0.717) is 15.4 Å². The van der Waals surface area contributed by atoms with Gasteiger partial charge in [-0.25, -0.2) is 0 Å². The summed E-state index contributed by atoms with van der Waals surface area (Å²) in [6.45, 7) is 23.3. The number of rotatable bonds is 15. The lowest BCUT2D eigenvalue weighted by atomic mass is 9.74. The molecule has 0 saturated heterocycles. The fourth-order valence-electron chi connectivity index (χ4n) is 4.67. The summed E-state index contributed by atoms with van der Waals surface area (Å²) in [5, 5.41) is 0. The maximum absolute atomic E-state index is 6.23. The lowest BCUT2D eigenvalue weighted by Crippen LogP contribution is -2.34. The first-order valence-corrected chi connectivity index (χ1v) is 12.7. The molecule has 30 heavy (non-hydrogen) atoms. The Hall–Kier alpha value is -0.470. The van der Waals surface area contributed by atoms with Crippen LogP contribution in [0, 0.1) is 16.2 Å². The van der Waals surface area contributed by atoms with E-state index in [2.05, 4.69) is 86.3 Å². The molecule has 0 saturated carbocycles. The number of hydrogen-bond acceptors (Lipinski definition) is 3. The molecule has 1 atom stereocenters. The molecule has 174 valence electrons. The van der Waals surface area contributed by atoms with E-state index >= 15 is 0 Å². The predicted molar refractivity (Wildman–Crippen MR) is 132 cm³/mol. The highest BCUT2D eigenvalue weighted by Crippen LogP contribution is 2.38. The molecule has 0 aliphatic heterocycles. The van der Waals surface area contributed by atoms with Crippen molar-refractivity contribution in [2.45, 2.75) is 86.9 Å². The van der Waals surface area contributed by atoms with Gasteiger partial charge in [0.1, 0.15) is 0 Å². The second-order valence-electron chi connectivity index (χ2n) is 11.7. The number of hydrogen-bond donors (Lipinski definition) is 0. The van der Waals surface area contributed by atoms with E-state index in [0.717, 1.165) is 39.1 Å². The van der Waals surface area contributed by atoms with Gasteiger partial charge < -0.3 is 14.0 Å². The Morgan fingerprint density at radius 2 is 1.30 bits per heavy atom. The summed E-state index contributed by atoms with van der Waals surface area (Å²) in [4.78, 5) is 0. The van der Waals surface area contributed by atoms with E-state index in [4.69, 9.17) is 14.0 Å². The van der Waals surface area contributed by atoms with Crippen molar-refractivity contribution in [3.05, 3.63) is 35.9 Å². The maximum Gasteiger partial charge on any atom is 0.0716 e. The van der Waals surface area contributed by atoms with Crippen LogP contribution >= 0.6 is 8.81 Å². The van der Waals surface area contributed by atoms with Gasteiger partial charge in [-0.2, -0.15) is 0 Å². The van der Waals surface area contributed by atoms with E-state index in [-0.39, 0.29) is 21.8 Å². The van der Waals surface area contributed by atoms with Gasteiger partial charge >= 0.3 is 0 Å². The number of benzene rings is 1. The summed E-state index contributed by atoms with van der Waals surface area (Å²) >= 11 is 0. The van der Waals surface area contributed by atoms with Gasteiger partial charge in [-0.15, -0.1) is 0 Å². The van der Waals surface area contributed by atoms with E-state index in [9.17, 15) is 0 Å². The van der Waals surface area contributed by atoms with Crippen molar-refractivity contribution in [2.75, 3.05) is 26.5 Å². The van der Waals surface area contributed by atoms with Crippen molar-refractivity contribution in [3.63, 3.8) is 0 Å². The quantitative estimate of drug-likeness (QED) is 0.210. The fraction of sp³-hybridized carbons (Fsp3) is 0.769. The molecule has 1 unspecified atom stereocenters. The Bertz CT molecular complexity index is 594. The first kappa shape index (κ1) is 27.6. The van der Waals surface area contributed by atoms with Crippen LogP contribution in [0.15, 0.2) is 30.3 Å². The van der Waals surface area contributed by atoms with Crippen LogP contribution in [0.25, 0.3) is 0 Å². The van der Waals surface area contributed by atoms with Crippen molar-refractivity contribution < 1.29 is 14.0 Å². The minimum absolute atomic E-state index is 0.0972. The Balaban J connectivity index is 2.37. The highest BCUT2D eigenvalue weighted by Gasteiger charge is 2.32. The van der Waals surface area contributed by atoms with Gasteiger partial charge in [0, 0.05) is 15.4 Å². The van der Waals surface area contributed by atoms with Gasteiger partial charge in [-0.3, -0.25) is 0 Å². The third-order valence-corrected chi connectivity index (χ3v) is 6.02. The average Bonchev–Trinajstić information content (AvgIpc) is 2.57. The van der Waals surface area contributed by atoms with Crippen molar-refractivity contribution in [1.82, 2.24) is 0 Å². The molecule has 1 aromatic rings. The highest BCUT2D eigenvalue weighted by molar-refractivity contribution is 7.31. The Morgan fingerprint density at radius 3 is 1.87 bits per heavy atom. The molecule has 1 aromatic carbocycles. The minimum Gasteiger partial charge on any atom is -0.380 e. The summed E-state index contributed by atoms with van der Waals surface area (Å²) in [5.74, 6) is 0. The summed E-state index contributed by atoms with van der Waals surface area (Å²) < 4.78 is 18.1. The molecule has 0 bridgehead atoms. The normalized spacial score (nSPS) is 14.0. The smallest absolute Gasteiger partial charge is 0.0716 e. The second kappa shape index (κ2) is 12.0. The summed E-state index contributed by atoms with van der Waals surface area (Å²) in [5.41, 5.74) is 1.59. The molecule has 0 aromatic heterocycles. The molecule has 0 aliphatic carbocycles. The lowest BCUT2D eigenvalue weighted by molar-refractivity contribution is -0.0267. The molecule has 1 rings (SSSR count). The first-order chi connectivity index (χ1) is 13.8. The van der Waals surface area contributed by atoms with Crippen LogP contribution in [0.1, 0.15) is 80.2 Å². The maximum atomic E-state index is 6.23. The number of ether oxygens (including phenoxy) is 2. The molecule has 0 N–H and O–H groups in total. The Labute approximate surface area is 188 Å². The van der Waals surface area contributed by atoms with Gasteiger partial charge in [-0.05, 0) is 61.6 Å². The van der Waals surface area contributed by atoms with Gasteiger partial charge in [0.2, 0.25) is 0 Å². The summed E-state index contributed by atoms with van der Waals surface area (Å²) in [7, 11) is 0.522. The van der Waals surface area contributed by atoms with Crippen LogP contribution in [-0.4, -0.2) is 32.1 Å². The van der Waals surface area contributed by atoms with Crippen LogP contribution in [0.5, 0.6) is 0 Å². The van der Waals surface area contributed by atoms with Crippen LogP contribution in [0.4, 0.5) is 0 Å². The Morgan fingerprint density at radius 1 is 0.733 bits per heavy atom. The third-order valence-electron chi connectivity index (χ3n) is 5.26. The van der Waals surface area contributed by atoms with Crippen molar-refractivity contribution in [3.8, 4) is 0 Å². The van der Waals surface area contributed by atoms with Crippen LogP contribution in [-0.2, 0) is 20.6 Å². The summed E-state index contributed by atoms with van der Waals surface area (Å²) in [6.07, 6.45) is 3.16. The monoisotopic (exact) mass is 438 g/mol. The molecule has 0 aliphatic rings.